The number of nitro groups is 1. The number of rotatable bonds is 3. The van der Waals surface area contributed by atoms with Gasteiger partial charge < -0.3 is 15.2 Å². The van der Waals surface area contributed by atoms with Gasteiger partial charge in [-0.1, -0.05) is 0 Å². The second-order valence-corrected chi connectivity index (χ2v) is 2.53. The van der Waals surface area contributed by atoms with Crippen LogP contribution in [0.25, 0.3) is 0 Å². The van der Waals surface area contributed by atoms with Crippen molar-refractivity contribution in [3.63, 3.8) is 0 Å². The first-order valence-corrected chi connectivity index (χ1v) is 3.76. The van der Waals surface area contributed by atoms with Crippen LogP contribution < -0.4 is 15.2 Å². The minimum absolute atomic E-state index is 0.0756. The molecule has 0 aliphatic carbocycles. The summed E-state index contributed by atoms with van der Waals surface area (Å²) < 4.78 is 9.76. The maximum absolute atomic E-state index is 10.6. The Balaban J connectivity index is 3.39. The summed E-state index contributed by atoms with van der Waals surface area (Å²) in [7, 11) is 2.72. The SMILES string of the molecule is COc1cc(N)cc([N+](=O)[O-])c1OC. The van der Waals surface area contributed by atoms with E-state index in [0.717, 1.165) is 0 Å². The van der Waals surface area contributed by atoms with Crippen LogP contribution in [0.2, 0.25) is 0 Å². The summed E-state index contributed by atoms with van der Waals surface area (Å²) in [4.78, 5) is 10.0. The molecule has 6 nitrogen and oxygen atoms in total. The summed E-state index contributed by atoms with van der Waals surface area (Å²) in [5, 5.41) is 10.6. The zero-order chi connectivity index (χ0) is 10.7. The highest BCUT2D eigenvalue weighted by atomic mass is 16.6. The fraction of sp³-hybridized carbons (Fsp3) is 0.250. The molecule has 14 heavy (non-hydrogen) atoms. The van der Waals surface area contributed by atoms with Gasteiger partial charge in [-0.2, -0.15) is 0 Å². The normalized spacial score (nSPS) is 9.57. The monoisotopic (exact) mass is 198 g/mol. The highest BCUT2D eigenvalue weighted by Gasteiger charge is 2.20. The molecule has 0 unspecified atom stereocenters. The maximum atomic E-state index is 10.6. The molecule has 0 spiro atoms. The van der Waals surface area contributed by atoms with Crippen molar-refractivity contribution >= 4 is 11.4 Å². The number of ether oxygens (including phenoxy) is 2. The third kappa shape index (κ3) is 1.68. The van der Waals surface area contributed by atoms with Crippen LogP contribution in [0.3, 0.4) is 0 Å². The van der Waals surface area contributed by atoms with Crippen LogP contribution in [0.5, 0.6) is 11.5 Å². The minimum Gasteiger partial charge on any atom is -0.493 e. The van der Waals surface area contributed by atoms with Gasteiger partial charge in [-0.05, 0) is 0 Å². The molecular weight excluding hydrogens is 188 g/mol. The van der Waals surface area contributed by atoms with Crippen LogP contribution in [0.15, 0.2) is 12.1 Å². The van der Waals surface area contributed by atoms with Gasteiger partial charge in [0.25, 0.3) is 0 Å². The summed E-state index contributed by atoms with van der Waals surface area (Å²) in [5.41, 5.74) is 5.51. The first-order chi connectivity index (χ1) is 6.60. The first-order valence-electron chi connectivity index (χ1n) is 3.76. The van der Waals surface area contributed by atoms with Gasteiger partial charge in [-0.3, -0.25) is 10.1 Å². The lowest BCUT2D eigenvalue weighted by molar-refractivity contribution is -0.385. The van der Waals surface area contributed by atoms with Crippen molar-refractivity contribution < 1.29 is 14.4 Å². The topological polar surface area (TPSA) is 87.6 Å². The van der Waals surface area contributed by atoms with E-state index in [1.165, 1.54) is 26.4 Å². The van der Waals surface area contributed by atoms with Crippen molar-refractivity contribution in [1.82, 2.24) is 0 Å². The smallest absolute Gasteiger partial charge is 0.316 e. The fourth-order valence-corrected chi connectivity index (χ4v) is 1.10. The molecule has 0 atom stereocenters. The number of hydrogen-bond donors (Lipinski definition) is 1. The summed E-state index contributed by atoms with van der Waals surface area (Å²) in [5.74, 6) is 0.325. The number of benzene rings is 1. The number of nitro benzene ring substituents is 1. The Hall–Kier alpha value is -1.98. The second kappa shape index (κ2) is 3.82. The van der Waals surface area contributed by atoms with E-state index in [1.807, 2.05) is 0 Å². The van der Waals surface area contributed by atoms with E-state index in [2.05, 4.69) is 0 Å². The van der Waals surface area contributed by atoms with Crippen LogP contribution in [-0.4, -0.2) is 19.1 Å². The molecule has 76 valence electrons. The van der Waals surface area contributed by atoms with Crippen molar-refractivity contribution in [2.45, 2.75) is 0 Å². The van der Waals surface area contributed by atoms with Crippen LogP contribution in [-0.2, 0) is 0 Å². The van der Waals surface area contributed by atoms with Gasteiger partial charge in [-0.15, -0.1) is 0 Å². The van der Waals surface area contributed by atoms with E-state index >= 15 is 0 Å². The third-order valence-electron chi connectivity index (χ3n) is 1.68. The Morgan fingerprint density at radius 2 is 2.00 bits per heavy atom. The van der Waals surface area contributed by atoms with Gasteiger partial charge in [0.05, 0.1) is 19.1 Å². The molecule has 0 aliphatic rings. The number of hydrogen-bond acceptors (Lipinski definition) is 5. The number of methoxy groups -OCH3 is 2. The second-order valence-electron chi connectivity index (χ2n) is 2.53. The molecule has 2 N–H and O–H groups in total. The van der Waals surface area contributed by atoms with E-state index in [-0.39, 0.29) is 22.9 Å². The lowest BCUT2D eigenvalue weighted by Crippen LogP contribution is -1.98. The lowest BCUT2D eigenvalue weighted by atomic mass is 10.2. The summed E-state index contributed by atoms with van der Waals surface area (Å²) >= 11 is 0. The minimum atomic E-state index is -0.572. The van der Waals surface area contributed by atoms with Crippen molar-refractivity contribution in [3.05, 3.63) is 22.2 Å². The first kappa shape index (κ1) is 10.1. The molecule has 0 fully saturated rings. The highest BCUT2D eigenvalue weighted by Crippen LogP contribution is 2.38. The van der Waals surface area contributed by atoms with E-state index in [4.69, 9.17) is 15.2 Å². The molecular formula is C8H10N2O4. The molecule has 0 aromatic heterocycles. The average molecular weight is 198 g/mol. The zero-order valence-corrected chi connectivity index (χ0v) is 7.81. The number of nitrogen functional groups attached to an aromatic ring is 1. The number of nitrogens with zero attached hydrogens (tertiary/aromatic N) is 1. The van der Waals surface area contributed by atoms with Crippen molar-refractivity contribution in [1.29, 1.82) is 0 Å². The Morgan fingerprint density at radius 3 is 2.43 bits per heavy atom. The summed E-state index contributed by atoms with van der Waals surface area (Å²) in [6, 6.07) is 2.69. The van der Waals surface area contributed by atoms with Gasteiger partial charge in [0, 0.05) is 17.8 Å². The fourth-order valence-electron chi connectivity index (χ4n) is 1.10. The van der Waals surface area contributed by atoms with Crippen LogP contribution in [0.1, 0.15) is 0 Å². The molecule has 0 amide bonds. The highest BCUT2D eigenvalue weighted by molar-refractivity contribution is 5.64. The molecule has 0 saturated heterocycles. The maximum Gasteiger partial charge on any atom is 0.316 e. The average Bonchev–Trinajstić information content (AvgIpc) is 2.16. The van der Waals surface area contributed by atoms with E-state index in [1.54, 1.807) is 0 Å². The summed E-state index contributed by atoms with van der Waals surface area (Å²) in [6.07, 6.45) is 0. The molecule has 0 bridgehead atoms. The third-order valence-corrected chi connectivity index (χ3v) is 1.68. The molecule has 1 aromatic rings. The standard InChI is InChI=1S/C8H10N2O4/c1-13-7-4-5(9)3-6(10(11)12)8(7)14-2/h3-4H,9H2,1-2H3. The molecule has 1 aromatic carbocycles. The zero-order valence-electron chi connectivity index (χ0n) is 7.81. The van der Waals surface area contributed by atoms with Gasteiger partial charge in [0.1, 0.15) is 0 Å². The molecule has 1 rings (SSSR count). The van der Waals surface area contributed by atoms with Crippen molar-refractivity contribution in [2.24, 2.45) is 0 Å². The molecule has 0 heterocycles. The Bertz CT molecular complexity index is 365. The quantitative estimate of drug-likeness (QED) is 0.447. The van der Waals surface area contributed by atoms with E-state index in [9.17, 15) is 10.1 Å². The largest absolute Gasteiger partial charge is 0.493 e. The Morgan fingerprint density at radius 1 is 1.36 bits per heavy atom. The predicted molar refractivity (Wildman–Crippen MR) is 50.6 cm³/mol. The predicted octanol–water partition coefficient (Wildman–Crippen LogP) is 1.19. The van der Waals surface area contributed by atoms with E-state index in [0.29, 0.717) is 0 Å². The molecule has 0 saturated carbocycles. The molecule has 0 aliphatic heterocycles. The van der Waals surface area contributed by atoms with Gasteiger partial charge >= 0.3 is 5.69 Å². The van der Waals surface area contributed by atoms with Crippen molar-refractivity contribution in [2.75, 3.05) is 20.0 Å². The van der Waals surface area contributed by atoms with E-state index < -0.39 is 4.92 Å². The van der Waals surface area contributed by atoms with Crippen LogP contribution in [0, 0.1) is 10.1 Å². The Labute approximate surface area is 80.4 Å². The van der Waals surface area contributed by atoms with Crippen LogP contribution >= 0.6 is 0 Å². The lowest BCUT2D eigenvalue weighted by Gasteiger charge is -2.08. The number of nitrogens with two attached hydrogens (primary N) is 1. The Kier molecular flexibility index (Phi) is 2.76. The summed E-state index contributed by atoms with van der Waals surface area (Å²) in [6.45, 7) is 0. The van der Waals surface area contributed by atoms with Gasteiger partial charge in [-0.25, -0.2) is 0 Å². The van der Waals surface area contributed by atoms with Crippen LogP contribution in [0.4, 0.5) is 11.4 Å². The molecule has 0 radical (unpaired) electrons. The van der Waals surface area contributed by atoms with Crippen molar-refractivity contribution in [3.8, 4) is 11.5 Å². The molecule has 6 heteroatoms. The van der Waals surface area contributed by atoms with Gasteiger partial charge in [0.15, 0.2) is 5.75 Å². The number of anilines is 1. The van der Waals surface area contributed by atoms with Gasteiger partial charge in [0.2, 0.25) is 5.75 Å².